The molecule has 1 atom stereocenters. The van der Waals surface area contributed by atoms with Crippen LogP contribution in [0.3, 0.4) is 0 Å². The van der Waals surface area contributed by atoms with Crippen molar-refractivity contribution in [3.05, 3.63) is 20.8 Å². The minimum Gasteiger partial charge on any atom is -0.396 e. The summed E-state index contributed by atoms with van der Waals surface area (Å²) in [5, 5.41) is 12.3. The molecule has 0 amide bonds. The van der Waals surface area contributed by atoms with Gasteiger partial charge in [-0.2, -0.15) is 0 Å². The topological polar surface area (TPSA) is 32.3 Å². The van der Waals surface area contributed by atoms with E-state index < -0.39 is 0 Å². The van der Waals surface area contributed by atoms with Crippen LogP contribution in [-0.4, -0.2) is 18.3 Å². The number of fused-ring (bicyclic) bond motifs is 1. The number of rotatable bonds is 6. The van der Waals surface area contributed by atoms with E-state index >= 15 is 0 Å². The highest BCUT2D eigenvalue weighted by molar-refractivity contribution is 7.16. The van der Waals surface area contributed by atoms with E-state index in [4.69, 9.17) is 16.7 Å². The molecule has 0 radical (unpaired) electrons. The van der Waals surface area contributed by atoms with Crippen LogP contribution in [0.2, 0.25) is 4.34 Å². The standard InChI is InChI=1S/C12H18ClNOS/c13-12-8-9-10(4-5-11(9)16-12)14-6-2-1-3-7-15/h8,10,14-15H,1-7H2. The SMILES string of the molecule is OCCCCCNC1CCc2sc(Cl)cc21. The fourth-order valence-corrected chi connectivity index (χ4v) is 3.59. The summed E-state index contributed by atoms with van der Waals surface area (Å²) in [6, 6.07) is 2.62. The number of aryl methyl sites for hydroxylation is 1. The number of aliphatic hydroxyl groups is 1. The Morgan fingerprint density at radius 3 is 3.12 bits per heavy atom. The van der Waals surface area contributed by atoms with Gasteiger partial charge in [-0.3, -0.25) is 0 Å². The van der Waals surface area contributed by atoms with E-state index in [1.165, 1.54) is 23.3 Å². The third kappa shape index (κ3) is 2.98. The average Bonchev–Trinajstić information content (AvgIpc) is 2.78. The molecule has 2 N–H and O–H groups in total. The summed E-state index contributed by atoms with van der Waals surface area (Å²) in [5.74, 6) is 0. The number of halogens is 1. The molecule has 0 aromatic carbocycles. The predicted molar refractivity (Wildman–Crippen MR) is 69.3 cm³/mol. The molecule has 0 spiro atoms. The van der Waals surface area contributed by atoms with Crippen molar-refractivity contribution >= 4 is 22.9 Å². The van der Waals surface area contributed by atoms with Crippen LogP contribution in [0.4, 0.5) is 0 Å². The molecule has 1 aromatic heterocycles. The monoisotopic (exact) mass is 259 g/mol. The van der Waals surface area contributed by atoms with E-state index in [9.17, 15) is 0 Å². The summed E-state index contributed by atoms with van der Waals surface area (Å²) in [5.41, 5.74) is 1.41. The highest BCUT2D eigenvalue weighted by atomic mass is 35.5. The first-order chi connectivity index (χ1) is 7.81. The van der Waals surface area contributed by atoms with Crippen molar-refractivity contribution in [1.29, 1.82) is 0 Å². The molecule has 90 valence electrons. The number of unbranched alkanes of at least 4 members (excludes halogenated alkanes) is 2. The summed E-state index contributed by atoms with van der Waals surface area (Å²) in [6.45, 7) is 1.35. The summed E-state index contributed by atoms with van der Waals surface area (Å²) in [6.07, 6.45) is 5.54. The van der Waals surface area contributed by atoms with E-state index in [0.717, 1.165) is 30.1 Å². The van der Waals surface area contributed by atoms with Crippen LogP contribution in [-0.2, 0) is 6.42 Å². The Hall–Kier alpha value is -0.0900. The van der Waals surface area contributed by atoms with E-state index in [0.29, 0.717) is 12.6 Å². The predicted octanol–water partition coefficient (Wildman–Crippen LogP) is 3.14. The van der Waals surface area contributed by atoms with E-state index in [1.807, 2.05) is 0 Å². The van der Waals surface area contributed by atoms with Crippen molar-refractivity contribution in [2.45, 2.75) is 38.1 Å². The molecule has 4 heteroatoms. The van der Waals surface area contributed by atoms with Gasteiger partial charge < -0.3 is 10.4 Å². The van der Waals surface area contributed by atoms with Gasteiger partial charge in [0.2, 0.25) is 0 Å². The molecule has 1 aromatic rings. The molecule has 2 nitrogen and oxygen atoms in total. The Bertz CT molecular complexity index is 340. The zero-order chi connectivity index (χ0) is 11.4. The molecule has 1 unspecified atom stereocenters. The first kappa shape index (κ1) is 12.4. The Kier molecular flexibility index (Phi) is 4.65. The molecular weight excluding hydrogens is 242 g/mol. The van der Waals surface area contributed by atoms with E-state index in [-0.39, 0.29) is 0 Å². The molecule has 1 heterocycles. The largest absolute Gasteiger partial charge is 0.396 e. The van der Waals surface area contributed by atoms with Gasteiger partial charge in [0.05, 0.1) is 4.34 Å². The lowest BCUT2D eigenvalue weighted by Crippen LogP contribution is -2.20. The molecule has 0 saturated heterocycles. The average molecular weight is 260 g/mol. The zero-order valence-corrected chi connectivity index (χ0v) is 10.9. The maximum Gasteiger partial charge on any atom is 0.0934 e. The molecular formula is C12H18ClNOS. The second kappa shape index (κ2) is 6.01. The van der Waals surface area contributed by atoms with E-state index in [2.05, 4.69) is 11.4 Å². The molecule has 0 fully saturated rings. The van der Waals surface area contributed by atoms with Gasteiger partial charge in [-0.25, -0.2) is 0 Å². The number of hydrogen-bond donors (Lipinski definition) is 2. The van der Waals surface area contributed by atoms with E-state index in [1.54, 1.807) is 11.3 Å². The van der Waals surface area contributed by atoms with Crippen LogP contribution in [0, 0.1) is 0 Å². The van der Waals surface area contributed by atoms with Crippen molar-refractivity contribution < 1.29 is 5.11 Å². The van der Waals surface area contributed by atoms with Gasteiger partial charge in [0.1, 0.15) is 0 Å². The first-order valence-corrected chi connectivity index (χ1v) is 7.13. The van der Waals surface area contributed by atoms with Crippen LogP contribution in [0.1, 0.15) is 42.2 Å². The lowest BCUT2D eigenvalue weighted by Gasteiger charge is -2.12. The normalized spacial score (nSPS) is 19.0. The fraction of sp³-hybridized carbons (Fsp3) is 0.667. The van der Waals surface area contributed by atoms with Gasteiger partial charge >= 0.3 is 0 Å². The molecule has 1 aliphatic carbocycles. The molecule has 0 bridgehead atoms. The van der Waals surface area contributed by atoms with Gasteiger partial charge in [0.25, 0.3) is 0 Å². The Morgan fingerprint density at radius 1 is 1.44 bits per heavy atom. The van der Waals surface area contributed by atoms with Crippen molar-refractivity contribution in [2.24, 2.45) is 0 Å². The van der Waals surface area contributed by atoms with Crippen molar-refractivity contribution in [2.75, 3.05) is 13.2 Å². The number of nitrogens with one attached hydrogen (secondary N) is 1. The Labute approximate surface area is 106 Å². The maximum atomic E-state index is 8.68. The van der Waals surface area contributed by atoms with Gasteiger partial charge in [-0.05, 0) is 50.3 Å². The second-order valence-electron chi connectivity index (χ2n) is 4.26. The van der Waals surface area contributed by atoms with Crippen molar-refractivity contribution in [3.63, 3.8) is 0 Å². The summed E-state index contributed by atoms with van der Waals surface area (Å²) < 4.78 is 0.914. The van der Waals surface area contributed by atoms with Gasteiger partial charge in [-0.1, -0.05) is 11.6 Å². The van der Waals surface area contributed by atoms with Crippen LogP contribution in [0.5, 0.6) is 0 Å². The van der Waals surface area contributed by atoms with Crippen LogP contribution < -0.4 is 5.32 Å². The molecule has 2 rings (SSSR count). The number of thiophene rings is 1. The number of aliphatic hydroxyl groups excluding tert-OH is 1. The highest BCUT2D eigenvalue weighted by Crippen LogP contribution is 2.39. The van der Waals surface area contributed by atoms with Gasteiger partial charge in [0.15, 0.2) is 0 Å². The lowest BCUT2D eigenvalue weighted by molar-refractivity contribution is 0.282. The number of hydrogen-bond acceptors (Lipinski definition) is 3. The quantitative estimate of drug-likeness (QED) is 0.770. The summed E-state index contributed by atoms with van der Waals surface area (Å²) >= 11 is 7.73. The van der Waals surface area contributed by atoms with Crippen molar-refractivity contribution in [3.8, 4) is 0 Å². The minimum absolute atomic E-state index is 0.313. The second-order valence-corrected chi connectivity index (χ2v) is 6.03. The Balaban J connectivity index is 1.75. The van der Waals surface area contributed by atoms with Crippen LogP contribution >= 0.6 is 22.9 Å². The Morgan fingerprint density at radius 2 is 2.31 bits per heavy atom. The molecule has 0 saturated carbocycles. The third-order valence-electron chi connectivity index (χ3n) is 3.07. The molecule has 0 aliphatic heterocycles. The molecule has 1 aliphatic rings. The summed E-state index contributed by atoms with van der Waals surface area (Å²) in [4.78, 5) is 1.46. The van der Waals surface area contributed by atoms with Gasteiger partial charge in [0, 0.05) is 17.5 Å². The minimum atomic E-state index is 0.313. The molecule has 16 heavy (non-hydrogen) atoms. The fourth-order valence-electron chi connectivity index (χ4n) is 2.23. The van der Waals surface area contributed by atoms with Crippen LogP contribution in [0.25, 0.3) is 0 Å². The lowest BCUT2D eigenvalue weighted by atomic mass is 10.1. The van der Waals surface area contributed by atoms with Crippen molar-refractivity contribution in [1.82, 2.24) is 5.32 Å². The first-order valence-electron chi connectivity index (χ1n) is 5.93. The zero-order valence-electron chi connectivity index (χ0n) is 9.34. The smallest absolute Gasteiger partial charge is 0.0934 e. The maximum absolute atomic E-state index is 8.68. The third-order valence-corrected chi connectivity index (χ3v) is 4.41. The highest BCUT2D eigenvalue weighted by Gasteiger charge is 2.24. The van der Waals surface area contributed by atoms with Crippen LogP contribution in [0.15, 0.2) is 6.07 Å². The summed E-state index contributed by atoms with van der Waals surface area (Å²) in [7, 11) is 0. The van der Waals surface area contributed by atoms with Gasteiger partial charge in [-0.15, -0.1) is 11.3 Å².